The van der Waals surface area contributed by atoms with Crippen LogP contribution in [0, 0.1) is 0 Å². The first-order valence-corrected chi connectivity index (χ1v) is 14.6. The molecule has 0 radical (unpaired) electrons. The van der Waals surface area contributed by atoms with Crippen LogP contribution < -0.4 is 29.1 Å². The molecule has 0 bridgehead atoms. The van der Waals surface area contributed by atoms with Crippen LogP contribution in [0.3, 0.4) is 0 Å². The van der Waals surface area contributed by atoms with Crippen molar-refractivity contribution in [1.82, 2.24) is 9.47 Å². The number of rotatable bonds is 9. The highest BCUT2D eigenvalue weighted by molar-refractivity contribution is 7.07. The van der Waals surface area contributed by atoms with Crippen LogP contribution >= 0.6 is 11.3 Å². The van der Waals surface area contributed by atoms with E-state index in [2.05, 4.69) is 4.99 Å². The molecule has 1 atom stereocenters. The molecule has 1 fully saturated rings. The molecular formula is C31H33N3O7S. The second-order valence-corrected chi connectivity index (χ2v) is 10.9. The summed E-state index contributed by atoms with van der Waals surface area (Å²) in [5.74, 6) is 1.04. The van der Waals surface area contributed by atoms with Gasteiger partial charge in [0.1, 0.15) is 23.3 Å². The summed E-state index contributed by atoms with van der Waals surface area (Å²) in [4.78, 5) is 46.3. The molecular weight excluding hydrogens is 558 g/mol. The molecule has 0 spiro atoms. The van der Waals surface area contributed by atoms with Gasteiger partial charge in [-0.2, -0.15) is 0 Å². The average molecular weight is 592 g/mol. The molecule has 42 heavy (non-hydrogen) atoms. The number of allylic oxidation sites excluding steroid dienone is 1. The van der Waals surface area contributed by atoms with Gasteiger partial charge in [0.15, 0.2) is 11.4 Å². The summed E-state index contributed by atoms with van der Waals surface area (Å²) in [5, 5.41) is 0. The third-order valence-corrected chi connectivity index (χ3v) is 8.23. The highest BCUT2D eigenvalue weighted by Gasteiger charge is 2.35. The Kier molecular flexibility index (Phi) is 8.77. The number of carbonyl (C=O) groups is 2. The number of nitrogens with zero attached hydrogens (tertiary/aromatic N) is 3. The molecule has 1 saturated heterocycles. The molecule has 0 saturated carbocycles. The van der Waals surface area contributed by atoms with E-state index in [0.29, 0.717) is 37.8 Å². The van der Waals surface area contributed by atoms with E-state index >= 15 is 0 Å². The van der Waals surface area contributed by atoms with Gasteiger partial charge in [-0.3, -0.25) is 14.2 Å². The van der Waals surface area contributed by atoms with Gasteiger partial charge in [-0.25, -0.2) is 9.79 Å². The second kappa shape index (κ2) is 12.6. The first-order valence-electron chi connectivity index (χ1n) is 13.8. The van der Waals surface area contributed by atoms with E-state index in [1.54, 1.807) is 57.4 Å². The lowest BCUT2D eigenvalue weighted by Gasteiger charge is -2.26. The van der Waals surface area contributed by atoms with Gasteiger partial charge in [0.25, 0.3) is 11.5 Å². The van der Waals surface area contributed by atoms with E-state index in [0.717, 1.165) is 31.5 Å². The number of carbonyl (C=O) groups excluding carboxylic acids is 2. The van der Waals surface area contributed by atoms with Crippen molar-refractivity contribution in [2.24, 2.45) is 4.99 Å². The van der Waals surface area contributed by atoms with Gasteiger partial charge in [-0.05, 0) is 68.7 Å². The fraction of sp³-hybridized carbons (Fsp3) is 0.355. The number of amides is 1. The topological polar surface area (TPSA) is 109 Å². The summed E-state index contributed by atoms with van der Waals surface area (Å²) in [5.41, 5.74) is 1.76. The Balaban J connectivity index is 1.52. The largest absolute Gasteiger partial charge is 0.497 e. The number of hydrogen-bond donors (Lipinski definition) is 0. The van der Waals surface area contributed by atoms with Crippen LogP contribution in [-0.4, -0.2) is 61.9 Å². The van der Waals surface area contributed by atoms with E-state index < -0.39 is 12.0 Å². The fourth-order valence-corrected chi connectivity index (χ4v) is 6.20. The summed E-state index contributed by atoms with van der Waals surface area (Å²) in [6, 6.07) is 11.6. The van der Waals surface area contributed by atoms with E-state index in [-0.39, 0.29) is 30.3 Å². The lowest BCUT2D eigenvalue weighted by molar-refractivity contribution is -0.139. The first-order chi connectivity index (χ1) is 20.3. The molecule has 1 aromatic heterocycles. The molecule has 10 nitrogen and oxygen atoms in total. The summed E-state index contributed by atoms with van der Waals surface area (Å²) in [6.07, 6.45) is 3.83. The standard InChI is InChI=1S/C31H33N3O7S/c1-5-40-30(37)27-19(2)32-31-34(28(27)23-17-22(38-3)12-13-24(23)39-4)29(36)25(42-31)16-20-8-10-21(11-9-20)41-18-26(35)33-14-6-7-15-33/h8-13,16-17,28H,5-7,14-15,18H2,1-4H3/b25-16+/t28-/m0/s1. The Hall–Kier alpha value is -4.38. The normalized spacial score (nSPS) is 16.6. The molecule has 11 heteroatoms. The van der Waals surface area contributed by atoms with Crippen molar-refractivity contribution in [2.45, 2.75) is 32.7 Å². The van der Waals surface area contributed by atoms with Crippen molar-refractivity contribution in [3.63, 3.8) is 0 Å². The van der Waals surface area contributed by atoms with Crippen LogP contribution in [0.15, 0.2) is 63.5 Å². The number of hydrogen-bond acceptors (Lipinski definition) is 9. The van der Waals surface area contributed by atoms with Crippen LogP contribution in [0.2, 0.25) is 0 Å². The monoisotopic (exact) mass is 591 g/mol. The minimum absolute atomic E-state index is 0.00612. The molecule has 220 valence electrons. The summed E-state index contributed by atoms with van der Waals surface area (Å²) in [7, 11) is 3.08. The summed E-state index contributed by atoms with van der Waals surface area (Å²) >= 11 is 1.23. The molecule has 3 aromatic rings. The van der Waals surface area contributed by atoms with E-state index in [1.807, 2.05) is 17.0 Å². The maximum absolute atomic E-state index is 13.9. The van der Waals surface area contributed by atoms with Gasteiger partial charge >= 0.3 is 5.97 Å². The third-order valence-electron chi connectivity index (χ3n) is 7.25. The van der Waals surface area contributed by atoms with Crippen LogP contribution in [0.4, 0.5) is 0 Å². The van der Waals surface area contributed by atoms with Crippen LogP contribution in [0.1, 0.15) is 43.9 Å². The predicted octanol–water partition coefficient (Wildman–Crippen LogP) is 2.82. The Morgan fingerprint density at radius 1 is 1.05 bits per heavy atom. The van der Waals surface area contributed by atoms with Crippen molar-refractivity contribution >= 4 is 29.3 Å². The molecule has 3 heterocycles. The zero-order valence-electron chi connectivity index (χ0n) is 24.0. The van der Waals surface area contributed by atoms with Crippen molar-refractivity contribution in [3.8, 4) is 17.2 Å². The van der Waals surface area contributed by atoms with Crippen molar-refractivity contribution in [3.05, 3.63) is 84.5 Å². The van der Waals surface area contributed by atoms with Crippen LogP contribution in [0.25, 0.3) is 6.08 Å². The number of aromatic nitrogens is 1. The number of methoxy groups -OCH3 is 2. The van der Waals surface area contributed by atoms with Gasteiger partial charge in [0.05, 0.1) is 36.6 Å². The predicted molar refractivity (Wildman–Crippen MR) is 158 cm³/mol. The third kappa shape index (κ3) is 5.82. The van der Waals surface area contributed by atoms with Gasteiger partial charge in [-0.15, -0.1) is 0 Å². The number of fused-ring (bicyclic) bond motifs is 1. The maximum Gasteiger partial charge on any atom is 0.338 e. The summed E-state index contributed by atoms with van der Waals surface area (Å²) < 4.78 is 24.1. The van der Waals surface area contributed by atoms with Gasteiger partial charge < -0.3 is 23.8 Å². The molecule has 2 aromatic carbocycles. The van der Waals surface area contributed by atoms with E-state index in [1.165, 1.54) is 23.0 Å². The zero-order chi connectivity index (χ0) is 29.8. The number of esters is 1. The number of ether oxygens (including phenoxy) is 4. The average Bonchev–Trinajstić information content (AvgIpc) is 3.64. The molecule has 0 unspecified atom stereocenters. The fourth-order valence-electron chi connectivity index (χ4n) is 5.15. The maximum atomic E-state index is 13.9. The quantitative estimate of drug-likeness (QED) is 0.352. The molecule has 5 rings (SSSR count). The molecule has 2 aliphatic rings. The highest BCUT2D eigenvalue weighted by atomic mass is 32.1. The lowest BCUT2D eigenvalue weighted by atomic mass is 9.94. The number of likely N-dealkylation sites (tertiary alicyclic amines) is 1. The minimum atomic E-state index is -0.837. The zero-order valence-corrected chi connectivity index (χ0v) is 24.9. The number of thiazole rings is 1. The van der Waals surface area contributed by atoms with Gasteiger partial charge in [0, 0.05) is 18.7 Å². The van der Waals surface area contributed by atoms with Crippen LogP contribution in [-0.2, 0) is 14.3 Å². The lowest BCUT2D eigenvalue weighted by Crippen LogP contribution is -2.40. The molecule has 1 amide bonds. The van der Waals surface area contributed by atoms with Crippen LogP contribution in [0.5, 0.6) is 17.2 Å². The van der Waals surface area contributed by atoms with Gasteiger partial charge in [0.2, 0.25) is 0 Å². The van der Waals surface area contributed by atoms with Crippen molar-refractivity contribution in [1.29, 1.82) is 0 Å². The van der Waals surface area contributed by atoms with Crippen molar-refractivity contribution in [2.75, 3.05) is 40.5 Å². The Bertz CT molecular complexity index is 1700. The van der Waals surface area contributed by atoms with E-state index in [9.17, 15) is 14.4 Å². The molecule has 2 aliphatic heterocycles. The molecule has 0 N–H and O–H groups in total. The minimum Gasteiger partial charge on any atom is -0.497 e. The van der Waals surface area contributed by atoms with Gasteiger partial charge in [-0.1, -0.05) is 23.5 Å². The Morgan fingerprint density at radius 3 is 2.43 bits per heavy atom. The van der Waals surface area contributed by atoms with Crippen molar-refractivity contribution < 1.29 is 28.5 Å². The Labute approximate surface area is 247 Å². The Morgan fingerprint density at radius 2 is 1.76 bits per heavy atom. The van der Waals surface area contributed by atoms with E-state index in [4.69, 9.17) is 18.9 Å². The first kappa shape index (κ1) is 29.1. The highest BCUT2D eigenvalue weighted by Crippen LogP contribution is 2.37. The smallest absolute Gasteiger partial charge is 0.338 e. The second-order valence-electron chi connectivity index (χ2n) is 9.86. The SMILES string of the molecule is CCOC(=O)C1=C(C)N=c2s/c(=C/c3ccc(OCC(=O)N4CCCC4)cc3)c(=O)n2[C@H]1c1cc(OC)ccc1OC. The molecule has 0 aliphatic carbocycles. The number of benzene rings is 2. The summed E-state index contributed by atoms with van der Waals surface area (Å²) in [6.45, 7) is 5.19.